The van der Waals surface area contributed by atoms with E-state index in [0.29, 0.717) is 0 Å². The first kappa shape index (κ1) is 17.2. The lowest BCUT2D eigenvalue weighted by atomic mass is 10.2. The van der Waals surface area contributed by atoms with Crippen molar-refractivity contribution in [2.24, 2.45) is 12.1 Å². The standard InChI is InChI=1S/C19H25N4O2/c1-21-9-5-4-6-17(21)15-20-22(2)18-8-7-16(14-19(18)24-3)23-10-12-25-13-11-23/h4-9,14-15H,10-13H2,1-3H3/q+1. The number of methoxy groups -OCH3 is 1. The Balaban J connectivity index is 1.80. The number of hydrogen-bond donors (Lipinski definition) is 0. The van der Waals surface area contributed by atoms with Gasteiger partial charge < -0.3 is 14.4 Å². The highest BCUT2D eigenvalue weighted by Crippen LogP contribution is 2.32. The molecule has 1 aliphatic rings. The SMILES string of the molecule is COc1cc(N2CCOCC2)ccc1N(C)/N=C/c1cccc[n+]1C. The molecular formula is C19H25N4O2+. The lowest BCUT2D eigenvalue weighted by Gasteiger charge is -2.29. The van der Waals surface area contributed by atoms with Gasteiger partial charge in [0.2, 0.25) is 5.69 Å². The summed E-state index contributed by atoms with van der Waals surface area (Å²) in [7, 11) is 5.61. The van der Waals surface area contributed by atoms with E-state index in [9.17, 15) is 0 Å². The molecule has 0 saturated carbocycles. The summed E-state index contributed by atoms with van der Waals surface area (Å²) in [5, 5.41) is 6.38. The maximum absolute atomic E-state index is 5.60. The van der Waals surface area contributed by atoms with Crippen molar-refractivity contribution in [3.63, 3.8) is 0 Å². The van der Waals surface area contributed by atoms with E-state index in [1.54, 1.807) is 7.11 Å². The number of pyridine rings is 1. The number of hydrazone groups is 1. The van der Waals surface area contributed by atoms with Gasteiger partial charge in [-0.2, -0.15) is 5.10 Å². The number of ether oxygens (including phenoxy) is 2. The molecule has 0 atom stereocenters. The average molecular weight is 341 g/mol. The summed E-state index contributed by atoms with van der Waals surface area (Å²) >= 11 is 0. The molecule has 1 fully saturated rings. The van der Waals surface area contributed by atoms with Crippen LogP contribution in [0.1, 0.15) is 5.69 Å². The molecule has 6 nitrogen and oxygen atoms in total. The van der Waals surface area contributed by atoms with E-state index in [4.69, 9.17) is 9.47 Å². The van der Waals surface area contributed by atoms with E-state index in [0.717, 1.165) is 49.1 Å². The topological polar surface area (TPSA) is 41.2 Å². The van der Waals surface area contributed by atoms with E-state index in [2.05, 4.69) is 22.1 Å². The lowest BCUT2D eigenvalue weighted by Crippen LogP contribution is -2.36. The van der Waals surface area contributed by atoms with Crippen molar-refractivity contribution < 1.29 is 14.0 Å². The Labute approximate surface area is 148 Å². The van der Waals surface area contributed by atoms with Crippen molar-refractivity contribution in [3.05, 3.63) is 48.3 Å². The van der Waals surface area contributed by atoms with Gasteiger partial charge in [-0.15, -0.1) is 0 Å². The minimum atomic E-state index is 0.766. The molecule has 0 unspecified atom stereocenters. The maximum Gasteiger partial charge on any atom is 0.225 e. The third-order valence-corrected chi connectivity index (χ3v) is 4.35. The molecule has 1 aromatic carbocycles. The predicted molar refractivity (Wildman–Crippen MR) is 99.6 cm³/mol. The molecule has 25 heavy (non-hydrogen) atoms. The number of aryl methyl sites for hydroxylation is 1. The number of aromatic nitrogens is 1. The highest BCUT2D eigenvalue weighted by Gasteiger charge is 2.15. The summed E-state index contributed by atoms with van der Waals surface area (Å²) in [6.07, 6.45) is 3.84. The first-order valence-corrected chi connectivity index (χ1v) is 8.42. The molecule has 6 heteroatoms. The van der Waals surface area contributed by atoms with Crippen LogP contribution in [0, 0.1) is 0 Å². The summed E-state index contributed by atoms with van der Waals surface area (Å²) in [4.78, 5) is 2.31. The Hall–Kier alpha value is -2.60. The Morgan fingerprint density at radius 1 is 1.24 bits per heavy atom. The predicted octanol–water partition coefficient (Wildman–Crippen LogP) is 1.83. The van der Waals surface area contributed by atoms with Gasteiger partial charge in [0.25, 0.3) is 0 Å². The van der Waals surface area contributed by atoms with Gasteiger partial charge in [0, 0.05) is 44.0 Å². The second-order valence-corrected chi connectivity index (χ2v) is 5.96. The van der Waals surface area contributed by atoms with Crippen LogP contribution < -0.4 is 19.2 Å². The van der Waals surface area contributed by atoms with Crippen LogP contribution in [-0.4, -0.2) is 46.7 Å². The number of hydrogen-bond acceptors (Lipinski definition) is 5. The zero-order valence-corrected chi connectivity index (χ0v) is 15.1. The fourth-order valence-corrected chi connectivity index (χ4v) is 2.83. The van der Waals surface area contributed by atoms with Crippen LogP contribution in [0.2, 0.25) is 0 Å². The minimum absolute atomic E-state index is 0.766. The summed E-state index contributed by atoms with van der Waals surface area (Å²) < 4.78 is 13.0. The van der Waals surface area contributed by atoms with Crippen LogP contribution >= 0.6 is 0 Å². The van der Waals surface area contributed by atoms with E-state index in [1.807, 2.05) is 60.3 Å². The average Bonchev–Trinajstić information content (AvgIpc) is 2.67. The molecule has 2 aromatic rings. The summed E-state index contributed by atoms with van der Waals surface area (Å²) in [6, 6.07) is 12.2. The second kappa shape index (κ2) is 7.98. The van der Waals surface area contributed by atoms with Crippen molar-refractivity contribution in [2.45, 2.75) is 0 Å². The van der Waals surface area contributed by atoms with Gasteiger partial charge in [-0.05, 0) is 18.2 Å². The number of benzene rings is 1. The van der Waals surface area contributed by atoms with E-state index in [-0.39, 0.29) is 0 Å². The molecule has 0 amide bonds. The first-order valence-electron chi connectivity index (χ1n) is 8.42. The molecule has 2 heterocycles. The maximum atomic E-state index is 5.60. The number of morpholine rings is 1. The van der Waals surface area contributed by atoms with Gasteiger partial charge in [0.05, 0.1) is 20.3 Å². The van der Waals surface area contributed by atoms with Crippen molar-refractivity contribution in [1.29, 1.82) is 0 Å². The van der Waals surface area contributed by atoms with Crippen LogP contribution in [0.5, 0.6) is 5.75 Å². The molecule has 0 aliphatic carbocycles. The van der Waals surface area contributed by atoms with Crippen LogP contribution in [0.25, 0.3) is 0 Å². The van der Waals surface area contributed by atoms with Crippen molar-refractivity contribution in [1.82, 2.24) is 0 Å². The smallest absolute Gasteiger partial charge is 0.225 e. The molecule has 1 saturated heterocycles. The fraction of sp³-hybridized carbons (Fsp3) is 0.368. The summed E-state index contributed by atoms with van der Waals surface area (Å²) in [6.45, 7) is 3.34. The van der Waals surface area contributed by atoms with Gasteiger partial charge >= 0.3 is 0 Å². The Morgan fingerprint density at radius 2 is 2.04 bits per heavy atom. The van der Waals surface area contributed by atoms with E-state index < -0.39 is 0 Å². The van der Waals surface area contributed by atoms with Crippen LogP contribution in [0.15, 0.2) is 47.7 Å². The molecule has 132 valence electrons. The van der Waals surface area contributed by atoms with E-state index >= 15 is 0 Å². The van der Waals surface area contributed by atoms with Crippen molar-refractivity contribution >= 4 is 17.6 Å². The van der Waals surface area contributed by atoms with Crippen LogP contribution in [0.3, 0.4) is 0 Å². The number of nitrogens with zero attached hydrogens (tertiary/aromatic N) is 4. The molecule has 0 bridgehead atoms. The molecule has 3 rings (SSSR count). The minimum Gasteiger partial charge on any atom is -0.494 e. The third kappa shape index (κ3) is 4.09. The molecular weight excluding hydrogens is 316 g/mol. The van der Waals surface area contributed by atoms with Gasteiger partial charge in [-0.1, -0.05) is 0 Å². The Bertz CT molecular complexity index is 742. The zero-order valence-electron chi connectivity index (χ0n) is 15.1. The van der Waals surface area contributed by atoms with Gasteiger partial charge in [0.15, 0.2) is 6.20 Å². The highest BCUT2D eigenvalue weighted by molar-refractivity contribution is 5.76. The number of anilines is 2. The fourth-order valence-electron chi connectivity index (χ4n) is 2.83. The molecule has 0 radical (unpaired) electrons. The van der Waals surface area contributed by atoms with Crippen LogP contribution in [-0.2, 0) is 11.8 Å². The Kier molecular flexibility index (Phi) is 5.50. The monoisotopic (exact) mass is 341 g/mol. The molecule has 0 spiro atoms. The van der Waals surface area contributed by atoms with Gasteiger partial charge in [-0.3, -0.25) is 5.01 Å². The number of rotatable bonds is 5. The Morgan fingerprint density at radius 3 is 2.76 bits per heavy atom. The third-order valence-electron chi connectivity index (χ3n) is 4.35. The normalized spacial score (nSPS) is 14.8. The zero-order chi connectivity index (χ0) is 17.6. The van der Waals surface area contributed by atoms with Crippen LogP contribution in [0.4, 0.5) is 11.4 Å². The molecule has 1 aliphatic heterocycles. The summed E-state index contributed by atoms with van der Waals surface area (Å²) in [5.74, 6) is 0.807. The lowest BCUT2D eigenvalue weighted by molar-refractivity contribution is -0.672. The quantitative estimate of drug-likeness (QED) is 0.473. The second-order valence-electron chi connectivity index (χ2n) is 5.96. The molecule has 0 N–H and O–H groups in total. The molecule has 1 aromatic heterocycles. The van der Waals surface area contributed by atoms with Crippen molar-refractivity contribution in [2.75, 3.05) is 50.4 Å². The summed E-state index contributed by atoms with van der Waals surface area (Å²) in [5.41, 5.74) is 3.10. The largest absolute Gasteiger partial charge is 0.494 e. The highest BCUT2D eigenvalue weighted by atomic mass is 16.5. The van der Waals surface area contributed by atoms with E-state index in [1.165, 1.54) is 0 Å². The van der Waals surface area contributed by atoms with Crippen molar-refractivity contribution in [3.8, 4) is 5.75 Å². The first-order chi connectivity index (χ1) is 12.2. The van der Waals surface area contributed by atoms with Gasteiger partial charge in [0.1, 0.15) is 24.7 Å². The van der Waals surface area contributed by atoms with Gasteiger partial charge in [-0.25, -0.2) is 4.57 Å².